The third kappa shape index (κ3) is 5.01. The summed E-state index contributed by atoms with van der Waals surface area (Å²) >= 11 is 5.73. The van der Waals surface area contributed by atoms with Crippen LogP contribution in [0.3, 0.4) is 0 Å². The average molecular weight is 279 g/mol. The number of nitrogens with zero attached hydrogens (tertiary/aromatic N) is 1. The van der Waals surface area contributed by atoms with Gasteiger partial charge in [0.05, 0.1) is 10.8 Å². The number of aromatic nitrogens is 1. The molecule has 1 rings (SSSR count). The van der Waals surface area contributed by atoms with Crippen molar-refractivity contribution >= 4 is 33.4 Å². The average Bonchev–Trinajstić information content (AvgIpc) is 2.20. The summed E-state index contributed by atoms with van der Waals surface area (Å²) in [6.07, 6.45) is 1.24. The maximum absolute atomic E-state index is 11.5. The molecule has 0 aromatic carbocycles. The number of halogens is 1. The fraction of sp³-hybridized carbons (Fsp3) is 0.333. The number of aliphatic carboxylic acids is 1. The Morgan fingerprint density at radius 1 is 1.53 bits per heavy atom. The van der Waals surface area contributed by atoms with E-state index in [4.69, 9.17) is 16.7 Å². The number of hydrogen-bond donors (Lipinski definition) is 2. The normalized spacial score (nSPS) is 11.1. The van der Waals surface area contributed by atoms with Crippen molar-refractivity contribution in [2.75, 3.05) is 10.5 Å². The highest BCUT2D eigenvalue weighted by atomic mass is 35.5. The van der Waals surface area contributed by atoms with Crippen LogP contribution in [0.25, 0.3) is 0 Å². The van der Waals surface area contributed by atoms with E-state index < -0.39 is 16.0 Å². The zero-order valence-electron chi connectivity index (χ0n) is 8.76. The lowest BCUT2D eigenvalue weighted by atomic mass is 10.3. The molecule has 0 aliphatic heterocycles. The van der Waals surface area contributed by atoms with Crippen LogP contribution in [0.1, 0.15) is 12.8 Å². The predicted molar refractivity (Wildman–Crippen MR) is 63.5 cm³/mol. The summed E-state index contributed by atoms with van der Waals surface area (Å²) in [6.45, 7) is 0. The van der Waals surface area contributed by atoms with Crippen LogP contribution in [-0.2, 0) is 14.8 Å². The van der Waals surface area contributed by atoms with Crippen LogP contribution in [0.4, 0.5) is 5.82 Å². The number of anilines is 1. The monoisotopic (exact) mass is 278 g/mol. The SMILES string of the molecule is O=C(O)CCCS(=O)(=O)Nc1ncccc1Cl. The van der Waals surface area contributed by atoms with Crippen molar-refractivity contribution in [1.29, 1.82) is 0 Å². The van der Waals surface area contributed by atoms with E-state index in [0.717, 1.165) is 0 Å². The van der Waals surface area contributed by atoms with Gasteiger partial charge in [0.25, 0.3) is 0 Å². The molecule has 0 aliphatic rings. The van der Waals surface area contributed by atoms with Gasteiger partial charge in [-0.15, -0.1) is 0 Å². The lowest BCUT2D eigenvalue weighted by Gasteiger charge is -2.07. The van der Waals surface area contributed by atoms with Gasteiger partial charge in [-0.3, -0.25) is 9.52 Å². The van der Waals surface area contributed by atoms with E-state index in [1.54, 1.807) is 6.07 Å². The van der Waals surface area contributed by atoms with Crippen molar-refractivity contribution in [3.63, 3.8) is 0 Å². The molecule has 2 N–H and O–H groups in total. The Bertz CT molecular complexity index is 503. The van der Waals surface area contributed by atoms with E-state index in [1.807, 2.05) is 0 Å². The first kappa shape index (κ1) is 13.7. The molecule has 17 heavy (non-hydrogen) atoms. The third-order valence-corrected chi connectivity index (χ3v) is 3.45. The highest BCUT2D eigenvalue weighted by molar-refractivity contribution is 7.92. The minimum absolute atomic E-state index is 0.0368. The zero-order valence-corrected chi connectivity index (χ0v) is 10.3. The lowest BCUT2D eigenvalue weighted by molar-refractivity contribution is -0.137. The van der Waals surface area contributed by atoms with Crippen LogP contribution in [0.5, 0.6) is 0 Å². The Labute approximate surface area is 104 Å². The summed E-state index contributed by atoms with van der Waals surface area (Å²) in [7, 11) is -3.61. The predicted octanol–water partition coefficient (Wildman–Crippen LogP) is 1.34. The molecule has 0 radical (unpaired) electrons. The number of nitrogens with one attached hydrogen (secondary N) is 1. The van der Waals surface area contributed by atoms with Gasteiger partial charge in [0.2, 0.25) is 10.0 Å². The number of hydrogen-bond acceptors (Lipinski definition) is 4. The molecule has 0 amide bonds. The summed E-state index contributed by atoms with van der Waals surface area (Å²) in [5, 5.41) is 8.58. The first-order chi connectivity index (χ1) is 7.91. The van der Waals surface area contributed by atoms with Crippen LogP contribution in [0, 0.1) is 0 Å². The van der Waals surface area contributed by atoms with Gasteiger partial charge in [0.1, 0.15) is 0 Å². The Hall–Kier alpha value is -1.34. The number of carbonyl (C=O) groups is 1. The van der Waals surface area contributed by atoms with E-state index in [9.17, 15) is 13.2 Å². The maximum atomic E-state index is 11.5. The molecule has 6 nitrogen and oxygen atoms in total. The first-order valence-corrected chi connectivity index (χ1v) is 6.76. The Balaban J connectivity index is 2.61. The van der Waals surface area contributed by atoms with Crippen molar-refractivity contribution in [1.82, 2.24) is 4.98 Å². The van der Waals surface area contributed by atoms with Gasteiger partial charge in [-0.1, -0.05) is 11.6 Å². The second-order valence-electron chi connectivity index (χ2n) is 3.25. The van der Waals surface area contributed by atoms with Crippen molar-refractivity contribution in [2.45, 2.75) is 12.8 Å². The van der Waals surface area contributed by atoms with Gasteiger partial charge in [0, 0.05) is 12.6 Å². The molecular formula is C9H11ClN2O4S. The van der Waals surface area contributed by atoms with Gasteiger partial charge < -0.3 is 5.11 Å². The van der Waals surface area contributed by atoms with Gasteiger partial charge in [-0.2, -0.15) is 0 Å². The van der Waals surface area contributed by atoms with E-state index >= 15 is 0 Å². The Kier molecular flexibility index (Phi) is 4.71. The van der Waals surface area contributed by atoms with Crippen LogP contribution in [-0.4, -0.2) is 30.2 Å². The molecule has 0 fully saturated rings. The summed E-state index contributed by atoms with van der Waals surface area (Å²) in [5.41, 5.74) is 0. The van der Waals surface area contributed by atoms with Crippen LogP contribution in [0.2, 0.25) is 5.02 Å². The summed E-state index contributed by atoms with van der Waals surface area (Å²) in [4.78, 5) is 14.0. The molecule has 0 saturated carbocycles. The number of carboxylic acids is 1. The number of sulfonamides is 1. The molecular weight excluding hydrogens is 268 g/mol. The molecule has 0 saturated heterocycles. The standard InChI is InChI=1S/C9H11ClN2O4S/c10-7-3-1-5-11-9(7)12-17(15,16)6-2-4-8(13)14/h1,3,5H,2,4,6H2,(H,11,12)(H,13,14). The second kappa shape index (κ2) is 5.83. The second-order valence-corrected chi connectivity index (χ2v) is 5.50. The zero-order chi connectivity index (χ0) is 12.9. The maximum Gasteiger partial charge on any atom is 0.303 e. The van der Waals surface area contributed by atoms with E-state index in [1.165, 1.54) is 12.3 Å². The van der Waals surface area contributed by atoms with Gasteiger partial charge in [-0.25, -0.2) is 13.4 Å². The molecule has 94 valence electrons. The molecule has 0 atom stereocenters. The molecule has 8 heteroatoms. The van der Waals surface area contributed by atoms with Crippen LogP contribution >= 0.6 is 11.6 Å². The smallest absolute Gasteiger partial charge is 0.303 e. The molecule has 1 heterocycles. The quantitative estimate of drug-likeness (QED) is 0.818. The molecule has 0 bridgehead atoms. The van der Waals surface area contributed by atoms with Crippen molar-refractivity contribution in [3.05, 3.63) is 23.4 Å². The fourth-order valence-electron chi connectivity index (χ4n) is 1.07. The van der Waals surface area contributed by atoms with Crippen molar-refractivity contribution < 1.29 is 18.3 Å². The molecule has 1 aromatic rings. The first-order valence-electron chi connectivity index (χ1n) is 4.73. The largest absolute Gasteiger partial charge is 0.481 e. The van der Waals surface area contributed by atoms with Crippen LogP contribution in [0.15, 0.2) is 18.3 Å². The minimum Gasteiger partial charge on any atom is -0.481 e. The lowest BCUT2D eigenvalue weighted by Crippen LogP contribution is -2.18. The minimum atomic E-state index is -3.61. The third-order valence-electron chi connectivity index (χ3n) is 1.81. The van der Waals surface area contributed by atoms with Gasteiger partial charge in [-0.05, 0) is 18.6 Å². The number of carboxylic acid groups (broad SMARTS) is 1. The van der Waals surface area contributed by atoms with E-state index in [-0.39, 0.29) is 29.4 Å². The molecule has 0 unspecified atom stereocenters. The summed E-state index contributed by atoms with van der Waals surface area (Å²) in [5.74, 6) is -1.27. The fourth-order valence-corrected chi connectivity index (χ4v) is 2.38. The van der Waals surface area contributed by atoms with Crippen molar-refractivity contribution in [2.24, 2.45) is 0 Å². The highest BCUT2D eigenvalue weighted by Gasteiger charge is 2.13. The van der Waals surface area contributed by atoms with E-state index in [0.29, 0.717) is 0 Å². The molecule has 0 spiro atoms. The van der Waals surface area contributed by atoms with Crippen LogP contribution < -0.4 is 4.72 Å². The van der Waals surface area contributed by atoms with Gasteiger partial charge in [0.15, 0.2) is 5.82 Å². The summed E-state index contributed by atoms with van der Waals surface area (Å²) in [6, 6.07) is 3.08. The Morgan fingerprint density at radius 3 is 2.82 bits per heavy atom. The summed E-state index contributed by atoms with van der Waals surface area (Å²) < 4.78 is 25.3. The topological polar surface area (TPSA) is 96.4 Å². The highest BCUT2D eigenvalue weighted by Crippen LogP contribution is 2.18. The van der Waals surface area contributed by atoms with Crippen molar-refractivity contribution in [3.8, 4) is 0 Å². The molecule has 0 aliphatic carbocycles. The Morgan fingerprint density at radius 2 is 2.24 bits per heavy atom. The molecule has 1 aromatic heterocycles. The number of pyridine rings is 1. The van der Waals surface area contributed by atoms with E-state index in [2.05, 4.69) is 9.71 Å². The van der Waals surface area contributed by atoms with Gasteiger partial charge >= 0.3 is 5.97 Å². The number of rotatable bonds is 6.